The van der Waals surface area contributed by atoms with Crippen molar-refractivity contribution in [1.82, 2.24) is 4.98 Å². The first-order chi connectivity index (χ1) is 9.19. The minimum absolute atomic E-state index is 0.324. The van der Waals surface area contributed by atoms with E-state index in [9.17, 15) is 10.4 Å². The van der Waals surface area contributed by atoms with Crippen molar-refractivity contribution in [2.24, 2.45) is 5.92 Å². The van der Waals surface area contributed by atoms with Crippen molar-refractivity contribution < 1.29 is 5.11 Å². The van der Waals surface area contributed by atoms with Gasteiger partial charge in [-0.1, -0.05) is 6.92 Å². The first-order valence-corrected chi connectivity index (χ1v) is 7.05. The Morgan fingerprint density at radius 2 is 2.32 bits per heavy atom. The second-order valence-electron chi connectivity index (χ2n) is 5.71. The van der Waals surface area contributed by atoms with E-state index in [-0.39, 0.29) is 6.10 Å². The molecule has 3 rings (SSSR count). The summed E-state index contributed by atoms with van der Waals surface area (Å²) in [5.74, 6) is 1.10. The molecule has 2 atom stereocenters. The van der Waals surface area contributed by atoms with Gasteiger partial charge in [-0.15, -0.1) is 0 Å². The van der Waals surface area contributed by atoms with Crippen LogP contribution in [0.3, 0.4) is 0 Å². The summed E-state index contributed by atoms with van der Waals surface area (Å²) >= 11 is 0. The Hall–Kier alpha value is -1.60. The number of β-amino-alcohol motifs (C(OH)–C–C–N with tert-alkyl or cyclic N) is 1. The zero-order chi connectivity index (χ0) is 13.4. The number of fused-ring (bicyclic) bond motifs is 1. The molecule has 1 aromatic rings. The van der Waals surface area contributed by atoms with E-state index in [1.807, 2.05) is 6.07 Å². The first-order valence-electron chi connectivity index (χ1n) is 7.05. The maximum Gasteiger partial charge on any atom is 0.146 e. The van der Waals surface area contributed by atoms with Gasteiger partial charge in [0.25, 0.3) is 0 Å². The fraction of sp³-hybridized carbons (Fsp3) is 0.600. The predicted molar refractivity (Wildman–Crippen MR) is 73.0 cm³/mol. The fourth-order valence-electron chi connectivity index (χ4n) is 3.03. The van der Waals surface area contributed by atoms with Crippen molar-refractivity contribution >= 4 is 5.82 Å². The molecule has 0 spiro atoms. The average molecular weight is 257 g/mol. The lowest BCUT2D eigenvalue weighted by Crippen LogP contribution is -2.43. The van der Waals surface area contributed by atoms with Crippen LogP contribution < -0.4 is 4.90 Å². The number of hydrogen-bond acceptors (Lipinski definition) is 4. The van der Waals surface area contributed by atoms with E-state index in [4.69, 9.17) is 4.98 Å². The van der Waals surface area contributed by atoms with Crippen LogP contribution in [0.5, 0.6) is 0 Å². The summed E-state index contributed by atoms with van der Waals surface area (Å²) in [4.78, 5) is 6.77. The maximum atomic E-state index is 10.0. The monoisotopic (exact) mass is 257 g/mol. The number of nitriles is 1. The minimum Gasteiger partial charge on any atom is -0.391 e. The highest BCUT2D eigenvalue weighted by Gasteiger charge is 2.27. The molecule has 2 heterocycles. The summed E-state index contributed by atoms with van der Waals surface area (Å²) in [5.41, 5.74) is 3.02. The van der Waals surface area contributed by atoms with Crippen molar-refractivity contribution in [3.63, 3.8) is 0 Å². The Morgan fingerprint density at radius 3 is 3.05 bits per heavy atom. The molecule has 1 aliphatic heterocycles. The highest BCUT2D eigenvalue weighted by Crippen LogP contribution is 2.29. The van der Waals surface area contributed by atoms with Crippen LogP contribution in [-0.4, -0.2) is 29.3 Å². The van der Waals surface area contributed by atoms with Gasteiger partial charge in [0.05, 0.1) is 11.7 Å². The molecule has 1 aliphatic carbocycles. The molecule has 1 saturated heterocycles. The van der Waals surface area contributed by atoms with E-state index >= 15 is 0 Å². The highest BCUT2D eigenvalue weighted by molar-refractivity contribution is 5.57. The number of anilines is 1. The fourth-order valence-corrected chi connectivity index (χ4v) is 3.03. The van der Waals surface area contributed by atoms with Crippen molar-refractivity contribution in [1.29, 1.82) is 5.26 Å². The van der Waals surface area contributed by atoms with Crippen molar-refractivity contribution in [2.75, 3.05) is 18.0 Å². The molecule has 19 heavy (non-hydrogen) atoms. The lowest BCUT2D eigenvalue weighted by molar-refractivity contribution is 0.102. The third-order valence-electron chi connectivity index (χ3n) is 4.37. The summed E-state index contributed by atoms with van der Waals surface area (Å²) in [6, 6.07) is 4.26. The molecule has 1 fully saturated rings. The second kappa shape index (κ2) is 4.82. The molecular weight excluding hydrogens is 238 g/mol. The summed E-state index contributed by atoms with van der Waals surface area (Å²) in [5, 5.41) is 19.3. The Balaban J connectivity index is 1.94. The van der Waals surface area contributed by atoms with Gasteiger partial charge in [-0.25, -0.2) is 4.98 Å². The van der Waals surface area contributed by atoms with E-state index in [1.54, 1.807) is 0 Å². The van der Waals surface area contributed by atoms with Crippen molar-refractivity contribution in [3.05, 3.63) is 22.9 Å². The van der Waals surface area contributed by atoms with E-state index in [2.05, 4.69) is 17.9 Å². The summed E-state index contributed by atoms with van der Waals surface area (Å²) in [6.07, 6.45) is 3.81. The molecule has 0 radical (unpaired) electrons. The molecule has 2 aliphatic rings. The molecule has 4 nitrogen and oxygen atoms in total. The molecule has 1 aromatic heterocycles. The molecule has 0 amide bonds. The average Bonchev–Trinajstić information content (AvgIpc) is 2.87. The van der Waals surface area contributed by atoms with Gasteiger partial charge in [0.15, 0.2) is 0 Å². The Bertz CT molecular complexity index is 535. The van der Waals surface area contributed by atoms with Gasteiger partial charge in [-0.3, -0.25) is 0 Å². The van der Waals surface area contributed by atoms with E-state index in [0.717, 1.165) is 43.7 Å². The topological polar surface area (TPSA) is 60.2 Å². The third-order valence-corrected chi connectivity index (χ3v) is 4.37. The number of pyridine rings is 1. The molecule has 0 bridgehead atoms. The van der Waals surface area contributed by atoms with Gasteiger partial charge in [0.2, 0.25) is 0 Å². The number of hydrogen-bond donors (Lipinski definition) is 1. The number of piperidine rings is 1. The molecule has 4 heteroatoms. The minimum atomic E-state index is -0.324. The largest absolute Gasteiger partial charge is 0.391 e. The molecular formula is C15H19N3O. The van der Waals surface area contributed by atoms with Gasteiger partial charge in [-0.2, -0.15) is 5.26 Å². The van der Waals surface area contributed by atoms with E-state index in [0.29, 0.717) is 18.0 Å². The van der Waals surface area contributed by atoms with Crippen LogP contribution in [0.4, 0.5) is 5.82 Å². The van der Waals surface area contributed by atoms with Crippen LogP contribution in [0.2, 0.25) is 0 Å². The summed E-state index contributed by atoms with van der Waals surface area (Å²) in [7, 11) is 0. The summed E-state index contributed by atoms with van der Waals surface area (Å²) < 4.78 is 0. The number of aliphatic hydroxyl groups is 1. The van der Waals surface area contributed by atoms with Crippen LogP contribution >= 0.6 is 0 Å². The lowest BCUT2D eigenvalue weighted by atomic mass is 9.95. The number of rotatable bonds is 1. The van der Waals surface area contributed by atoms with Crippen molar-refractivity contribution in [2.45, 2.75) is 38.7 Å². The predicted octanol–water partition coefficient (Wildman–Crippen LogP) is 1.65. The highest BCUT2D eigenvalue weighted by atomic mass is 16.3. The molecule has 2 unspecified atom stereocenters. The van der Waals surface area contributed by atoms with Gasteiger partial charge in [0, 0.05) is 18.8 Å². The van der Waals surface area contributed by atoms with Gasteiger partial charge in [-0.05, 0) is 43.2 Å². The summed E-state index contributed by atoms with van der Waals surface area (Å²) in [6.45, 7) is 3.53. The normalized spacial score (nSPS) is 26.1. The van der Waals surface area contributed by atoms with Crippen molar-refractivity contribution in [3.8, 4) is 6.07 Å². The van der Waals surface area contributed by atoms with Crippen LogP contribution in [-0.2, 0) is 12.8 Å². The molecule has 100 valence electrons. The van der Waals surface area contributed by atoms with E-state index < -0.39 is 0 Å². The number of aromatic nitrogens is 1. The van der Waals surface area contributed by atoms with Crippen LogP contribution in [0.1, 0.15) is 36.6 Å². The lowest BCUT2D eigenvalue weighted by Gasteiger charge is -2.35. The first kappa shape index (κ1) is 12.4. The Kier molecular flexibility index (Phi) is 3.16. The van der Waals surface area contributed by atoms with Crippen LogP contribution in [0, 0.1) is 17.2 Å². The second-order valence-corrected chi connectivity index (χ2v) is 5.71. The van der Waals surface area contributed by atoms with Gasteiger partial charge >= 0.3 is 0 Å². The van der Waals surface area contributed by atoms with Crippen LogP contribution in [0.25, 0.3) is 0 Å². The van der Waals surface area contributed by atoms with E-state index in [1.165, 1.54) is 5.56 Å². The van der Waals surface area contributed by atoms with Crippen LogP contribution in [0.15, 0.2) is 6.07 Å². The molecule has 1 N–H and O–H groups in total. The quantitative estimate of drug-likeness (QED) is 0.831. The van der Waals surface area contributed by atoms with Gasteiger partial charge < -0.3 is 10.0 Å². The molecule has 0 aromatic carbocycles. The Labute approximate surface area is 113 Å². The zero-order valence-corrected chi connectivity index (χ0v) is 11.3. The third kappa shape index (κ3) is 2.19. The standard InChI is InChI=1S/C15H19N3O/c1-10-5-6-18(9-14(10)19)15-12(8-16)7-11-3-2-4-13(11)17-15/h7,10,14,19H,2-6,9H2,1H3. The van der Waals surface area contributed by atoms with Gasteiger partial charge in [0.1, 0.15) is 11.9 Å². The SMILES string of the molecule is CC1CCN(c2nc3c(cc2C#N)CCC3)CC1O. The smallest absolute Gasteiger partial charge is 0.146 e. The number of aryl methyl sites for hydroxylation is 2. The molecule has 0 saturated carbocycles. The number of aliphatic hydroxyl groups excluding tert-OH is 1. The maximum absolute atomic E-state index is 10.0. The number of nitrogens with zero attached hydrogens (tertiary/aromatic N) is 3. The Morgan fingerprint density at radius 1 is 1.47 bits per heavy atom. The zero-order valence-electron chi connectivity index (χ0n) is 11.3.